The standard InChI is InChI=1S/C16H19FN4O3/c1-8-5-6-10(7-11(8)17)19-9(2)13(22)12-14(18)20(3)16(24)21(4)15(12)23/h5-7,9,19H,18H2,1-4H3/t9-/m1/s1. The number of nitrogens with zero attached hydrogens (tertiary/aromatic N) is 2. The molecule has 8 heteroatoms. The minimum Gasteiger partial charge on any atom is -0.384 e. The van der Waals surface area contributed by atoms with Crippen LogP contribution in [0.25, 0.3) is 0 Å². The van der Waals surface area contributed by atoms with Crippen molar-refractivity contribution in [1.82, 2.24) is 9.13 Å². The van der Waals surface area contributed by atoms with Crippen molar-refractivity contribution in [2.45, 2.75) is 19.9 Å². The van der Waals surface area contributed by atoms with Crippen LogP contribution in [0.5, 0.6) is 0 Å². The lowest BCUT2D eigenvalue weighted by Gasteiger charge is -2.17. The van der Waals surface area contributed by atoms with Crippen LogP contribution in [-0.2, 0) is 14.1 Å². The van der Waals surface area contributed by atoms with E-state index in [4.69, 9.17) is 5.73 Å². The molecule has 0 aliphatic rings. The van der Waals surface area contributed by atoms with Crippen molar-refractivity contribution < 1.29 is 9.18 Å². The van der Waals surface area contributed by atoms with Gasteiger partial charge in [0.25, 0.3) is 5.56 Å². The van der Waals surface area contributed by atoms with Gasteiger partial charge in [0, 0.05) is 19.8 Å². The quantitative estimate of drug-likeness (QED) is 0.806. The van der Waals surface area contributed by atoms with Crippen LogP contribution in [0.4, 0.5) is 15.9 Å². The van der Waals surface area contributed by atoms with Gasteiger partial charge >= 0.3 is 5.69 Å². The Morgan fingerprint density at radius 3 is 2.46 bits per heavy atom. The number of carbonyl (C=O) groups is 1. The zero-order valence-corrected chi connectivity index (χ0v) is 13.9. The fourth-order valence-electron chi connectivity index (χ4n) is 2.31. The highest BCUT2D eigenvalue weighted by Crippen LogP contribution is 2.16. The summed E-state index contributed by atoms with van der Waals surface area (Å²) in [6.45, 7) is 3.16. The summed E-state index contributed by atoms with van der Waals surface area (Å²) < 4.78 is 15.5. The molecule has 0 bridgehead atoms. The minimum atomic E-state index is -0.834. The van der Waals surface area contributed by atoms with Gasteiger partial charge in [-0.05, 0) is 31.5 Å². The number of rotatable bonds is 4. The molecule has 1 aromatic carbocycles. The highest BCUT2D eigenvalue weighted by Gasteiger charge is 2.24. The minimum absolute atomic E-state index is 0.197. The van der Waals surface area contributed by atoms with Gasteiger partial charge in [0.2, 0.25) is 0 Å². The smallest absolute Gasteiger partial charge is 0.332 e. The molecule has 0 radical (unpaired) electrons. The van der Waals surface area contributed by atoms with E-state index in [1.807, 2.05) is 0 Å². The summed E-state index contributed by atoms with van der Waals surface area (Å²) >= 11 is 0. The number of carbonyl (C=O) groups excluding carboxylic acids is 1. The van der Waals surface area contributed by atoms with E-state index in [2.05, 4.69) is 5.32 Å². The second kappa shape index (κ2) is 6.31. The molecule has 2 aromatic rings. The first-order chi connectivity index (χ1) is 11.1. The Hall–Kier alpha value is -2.90. The van der Waals surface area contributed by atoms with Gasteiger partial charge < -0.3 is 11.1 Å². The Kier molecular flexibility index (Phi) is 4.59. The van der Waals surface area contributed by atoms with E-state index >= 15 is 0 Å². The van der Waals surface area contributed by atoms with E-state index in [-0.39, 0.29) is 11.4 Å². The average molecular weight is 334 g/mol. The zero-order chi connectivity index (χ0) is 18.2. The van der Waals surface area contributed by atoms with Gasteiger partial charge in [-0.3, -0.25) is 18.7 Å². The molecule has 1 heterocycles. The fourth-order valence-corrected chi connectivity index (χ4v) is 2.31. The zero-order valence-electron chi connectivity index (χ0n) is 13.9. The first kappa shape index (κ1) is 17.5. The van der Waals surface area contributed by atoms with E-state index in [0.29, 0.717) is 11.3 Å². The first-order valence-corrected chi connectivity index (χ1v) is 7.27. The third kappa shape index (κ3) is 2.94. The van der Waals surface area contributed by atoms with Gasteiger partial charge in [-0.15, -0.1) is 0 Å². The van der Waals surface area contributed by atoms with Crippen molar-refractivity contribution in [2.75, 3.05) is 11.1 Å². The van der Waals surface area contributed by atoms with Gasteiger partial charge in [-0.2, -0.15) is 0 Å². The van der Waals surface area contributed by atoms with Gasteiger partial charge in [0.1, 0.15) is 17.2 Å². The Morgan fingerprint density at radius 2 is 1.88 bits per heavy atom. The second-order valence-electron chi connectivity index (χ2n) is 5.66. The van der Waals surface area contributed by atoms with Crippen LogP contribution in [0.3, 0.4) is 0 Å². The highest BCUT2D eigenvalue weighted by molar-refractivity contribution is 6.04. The van der Waals surface area contributed by atoms with Crippen LogP contribution in [0, 0.1) is 12.7 Å². The van der Waals surface area contributed by atoms with E-state index in [0.717, 1.165) is 9.13 Å². The molecule has 1 aromatic heterocycles. The topological polar surface area (TPSA) is 99.1 Å². The monoisotopic (exact) mass is 334 g/mol. The van der Waals surface area contributed by atoms with Gasteiger partial charge in [0.15, 0.2) is 5.78 Å². The maximum absolute atomic E-state index is 13.6. The molecule has 0 spiro atoms. The van der Waals surface area contributed by atoms with Crippen LogP contribution in [0.1, 0.15) is 22.8 Å². The molecule has 0 aliphatic carbocycles. The van der Waals surface area contributed by atoms with Gasteiger partial charge in [0.05, 0.1) is 6.04 Å². The number of nitrogen functional groups attached to an aromatic ring is 1. The number of benzene rings is 1. The normalized spacial score (nSPS) is 12.0. The summed E-state index contributed by atoms with van der Waals surface area (Å²) in [6.07, 6.45) is 0. The number of nitrogens with one attached hydrogen (secondary N) is 1. The predicted molar refractivity (Wildman–Crippen MR) is 89.9 cm³/mol. The number of ketones is 1. The lowest BCUT2D eigenvalue weighted by atomic mass is 10.1. The average Bonchev–Trinajstić information content (AvgIpc) is 2.54. The van der Waals surface area contributed by atoms with Crippen LogP contribution in [-0.4, -0.2) is 21.0 Å². The SMILES string of the molecule is Cc1ccc(N[C@H](C)C(=O)c2c(N)n(C)c(=O)n(C)c2=O)cc1F. The van der Waals surface area contributed by atoms with Crippen LogP contribution in [0.2, 0.25) is 0 Å². The number of halogens is 1. The van der Waals surface area contributed by atoms with Crippen molar-refractivity contribution >= 4 is 17.3 Å². The highest BCUT2D eigenvalue weighted by atomic mass is 19.1. The summed E-state index contributed by atoms with van der Waals surface area (Å²) in [7, 11) is 2.65. The lowest BCUT2D eigenvalue weighted by Crippen LogP contribution is -2.43. The van der Waals surface area contributed by atoms with Gasteiger partial charge in [-0.25, -0.2) is 9.18 Å². The molecule has 0 unspecified atom stereocenters. The summed E-state index contributed by atoms with van der Waals surface area (Å²) in [4.78, 5) is 36.6. The number of aromatic nitrogens is 2. The first-order valence-electron chi connectivity index (χ1n) is 7.27. The Bertz CT molecular complexity index is 930. The third-order valence-electron chi connectivity index (χ3n) is 3.90. The molecule has 0 saturated heterocycles. The van der Waals surface area contributed by atoms with Crippen LogP contribution in [0.15, 0.2) is 27.8 Å². The largest absolute Gasteiger partial charge is 0.384 e. The summed E-state index contributed by atoms with van der Waals surface area (Å²) in [5, 5.41) is 2.84. The molecule has 0 fully saturated rings. The molecule has 2 rings (SSSR count). The number of nitrogens with two attached hydrogens (primary N) is 1. The van der Waals surface area contributed by atoms with Gasteiger partial charge in [-0.1, -0.05) is 6.07 Å². The second-order valence-corrected chi connectivity index (χ2v) is 5.66. The number of hydrogen-bond donors (Lipinski definition) is 2. The molecule has 0 amide bonds. The summed E-state index contributed by atoms with van der Waals surface area (Å²) in [5.74, 6) is -1.18. The van der Waals surface area contributed by atoms with E-state index in [1.54, 1.807) is 19.1 Å². The fraction of sp³-hybridized carbons (Fsp3) is 0.312. The maximum atomic E-state index is 13.6. The number of hydrogen-bond acceptors (Lipinski definition) is 5. The van der Waals surface area contributed by atoms with Crippen LogP contribution >= 0.6 is 0 Å². The maximum Gasteiger partial charge on any atom is 0.332 e. The van der Waals surface area contributed by atoms with E-state index in [9.17, 15) is 18.8 Å². The predicted octanol–water partition coefficient (Wildman–Crippen LogP) is 0.797. The lowest BCUT2D eigenvalue weighted by molar-refractivity contribution is 0.0973. The Labute approximate surface area is 137 Å². The number of anilines is 2. The molecule has 7 nitrogen and oxygen atoms in total. The summed E-state index contributed by atoms with van der Waals surface area (Å²) in [6, 6.07) is 3.64. The molecule has 0 saturated carbocycles. The molecular weight excluding hydrogens is 315 g/mol. The van der Waals surface area contributed by atoms with Crippen molar-refractivity contribution in [2.24, 2.45) is 14.1 Å². The van der Waals surface area contributed by atoms with Crippen molar-refractivity contribution in [3.63, 3.8) is 0 Å². The van der Waals surface area contributed by atoms with Crippen molar-refractivity contribution in [1.29, 1.82) is 0 Å². The molecule has 3 N–H and O–H groups in total. The summed E-state index contributed by atoms with van der Waals surface area (Å²) in [5.41, 5.74) is 5.01. The van der Waals surface area contributed by atoms with Crippen LogP contribution < -0.4 is 22.3 Å². The number of Topliss-reactive ketones (excluding diaryl/α,β-unsaturated/α-hetero) is 1. The Balaban J connectivity index is 2.40. The molecule has 0 aliphatic heterocycles. The molecule has 1 atom stereocenters. The third-order valence-corrected chi connectivity index (χ3v) is 3.90. The molecular formula is C16H19FN4O3. The van der Waals surface area contributed by atoms with Crippen molar-refractivity contribution in [3.05, 3.63) is 56.0 Å². The van der Waals surface area contributed by atoms with E-state index in [1.165, 1.54) is 27.1 Å². The number of aryl methyl sites for hydroxylation is 1. The molecule has 24 heavy (non-hydrogen) atoms. The Morgan fingerprint density at radius 1 is 1.25 bits per heavy atom. The van der Waals surface area contributed by atoms with Crippen molar-refractivity contribution in [3.8, 4) is 0 Å². The van der Waals surface area contributed by atoms with E-state index < -0.39 is 28.9 Å². The molecule has 128 valence electrons.